The molecule has 0 spiro atoms. The van der Waals surface area contributed by atoms with Gasteiger partial charge in [0.1, 0.15) is 19.8 Å². The predicted octanol–water partition coefficient (Wildman–Crippen LogP) is 13.2. The molecule has 0 aromatic heterocycles. The molecular weight excluding hydrogens is 802 g/mol. The van der Waals surface area contributed by atoms with Crippen LogP contribution >= 0.6 is 7.82 Å². The number of phosphoric ester groups is 1. The van der Waals surface area contributed by atoms with Crippen molar-refractivity contribution in [3.05, 3.63) is 72.9 Å². The molecule has 62 heavy (non-hydrogen) atoms. The molecule has 356 valence electrons. The topological polar surface area (TPSA) is 121 Å². The molecule has 1 heterocycles. The van der Waals surface area contributed by atoms with E-state index in [-0.39, 0.29) is 38.3 Å². The summed E-state index contributed by atoms with van der Waals surface area (Å²) in [4.78, 5) is 35.6. The number of rotatable bonds is 42. The van der Waals surface area contributed by atoms with Crippen molar-refractivity contribution >= 4 is 19.8 Å². The maximum absolute atomic E-state index is 12.8. The van der Waals surface area contributed by atoms with Crippen molar-refractivity contribution in [2.75, 3.05) is 47.5 Å². The number of phosphoric acid groups is 1. The summed E-state index contributed by atoms with van der Waals surface area (Å²) in [6.45, 7) is 4.27. The maximum atomic E-state index is 12.8. The molecule has 0 aromatic carbocycles. The number of ether oxygens (including phenoxy) is 3. The first kappa shape index (κ1) is 57.4. The highest BCUT2D eigenvalue weighted by Crippen LogP contribution is 2.43. The minimum Gasteiger partial charge on any atom is -0.462 e. The Labute approximate surface area is 378 Å². The van der Waals surface area contributed by atoms with Crippen molar-refractivity contribution in [3.63, 3.8) is 0 Å². The minimum atomic E-state index is -4.41. The molecule has 0 amide bonds. The van der Waals surface area contributed by atoms with Crippen LogP contribution < -0.4 is 0 Å². The van der Waals surface area contributed by atoms with Crippen LogP contribution in [0.1, 0.15) is 174 Å². The Bertz CT molecular complexity index is 1350. The normalized spacial score (nSPS) is 17.4. The zero-order chi connectivity index (χ0) is 45.4. The molecule has 1 aliphatic heterocycles. The van der Waals surface area contributed by atoms with Crippen molar-refractivity contribution in [3.8, 4) is 0 Å². The third-order valence-corrected chi connectivity index (χ3v) is 11.4. The van der Waals surface area contributed by atoms with E-state index in [0.717, 1.165) is 77.0 Å². The lowest BCUT2D eigenvalue weighted by atomic mass is 10.1. The lowest BCUT2D eigenvalue weighted by molar-refractivity contribution is -0.870. The molecule has 1 N–H and O–H groups in total. The second kappa shape index (κ2) is 38.8. The van der Waals surface area contributed by atoms with Crippen LogP contribution in [0.25, 0.3) is 0 Å². The van der Waals surface area contributed by atoms with E-state index in [4.69, 9.17) is 23.3 Å². The first-order chi connectivity index (χ1) is 30.0. The number of epoxide rings is 1. The van der Waals surface area contributed by atoms with Gasteiger partial charge in [0.15, 0.2) is 6.10 Å². The van der Waals surface area contributed by atoms with Crippen molar-refractivity contribution in [2.45, 2.75) is 193 Å². The lowest BCUT2D eigenvalue weighted by Gasteiger charge is -2.24. The standard InChI is InChI=1S/C51H88NO9P/c1-6-8-10-12-14-16-18-20-21-22-23-24-25-26-27-29-31-33-35-37-41-51(54)60-47(46-59-62(55,56)58-44-43-52(3,4)5)45-57-50(53)42-38-40-49-48(61-49)39-36-34-32-30-28-19-17-15-13-11-9-7-2/h15-18,21-22,24-25,28,30,34,36,47-49H,6-14,19-20,23,26-27,29,31-33,35,37-46H2,1-5H3/p+1/b17-15-,18-16-,22-21-,25-24-,30-28-,36-34-/t47-,48?,49?/m1/s1. The molecule has 0 radical (unpaired) electrons. The highest BCUT2D eigenvalue weighted by molar-refractivity contribution is 7.47. The van der Waals surface area contributed by atoms with E-state index in [9.17, 15) is 19.0 Å². The van der Waals surface area contributed by atoms with Crippen molar-refractivity contribution in [1.82, 2.24) is 0 Å². The number of hydrogen-bond donors (Lipinski definition) is 1. The zero-order valence-electron chi connectivity index (χ0n) is 39.8. The average molecular weight is 891 g/mol. The summed E-state index contributed by atoms with van der Waals surface area (Å²) in [5.41, 5.74) is 0. The Morgan fingerprint density at radius 3 is 1.66 bits per heavy atom. The van der Waals surface area contributed by atoms with Gasteiger partial charge in [-0.2, -0.15) is 0 Å². The number of quaternary nitrogens is 1. The number of unbranched alkanes of at least 4 members (excludes halogenated alkanes) is 13. The van der Waals surface area contributed by atoms with Crippen LogP contribution in [-0.2, 0) is 37.4 Å². The molecule has 0 saturated carbocycles. The van der Waals surface area contributed by atoms with Crippen molar-refractivity contribution < 1.29 is 46.8 Å². The molecule has 4 atom stereocenters. The fourth-order valence-corrected chi connectivity index (χ4v) is 7.20. The van der Waals surface area contributed by atoms with Crippen LogP contribution in [0.4, 0.5) is 0 Å². The van der Waals surface area contributed by atoms with Gasteiger partial charge in [-0.05, 0) is 89.9 Å². The van der Waals surface area contributed by atoms with Gasteiger partial charge in [0.05, 0.1) is 40.0 Å². The van der Waals surface area contributed by atoms with Gasteiger partial charge in [0, 0.05) is 12.8 Å². The van der Waals surface area contributed by atoms with Gasteiger partial charge in [-0.25, -0.2) is 4.57 Å². The van der Waals surface area contributed by atoms with Crippen LogP contribution in [0.3, 0.4) is 0 Å². The van der Waals surface area contributed by atoms with Crippen LogP contribution in [0.2, 0.25) is 0 Å². The fourth-order valence-electron chi connectivity index (χ4n) is 6.46. The van der Waals surface area contributed by atoms with E-state index in [0.29, 0.717) is 23.9 Å². The van der Waals surface area contributed by atoms with Gasteiger partial charge in [0.25, 0.3) is 0 Å². The number of carbonyl (C=O) groups is 2. The van der Waals surface area contributed by atoms with Crippen molar-refractivity contribution in [2.24, 2.45) is 0 Å². The van der Waals surface area contributed by atoms with Gasteiger partial charge in [-0.1, -0.05) is 145 Å². The van der Waals surface area contributed by atoms with E-state index in [2.05, 4.69) is 86.8 Å². The van der Waals surface area contributed by atoms with Crippen LogP contribution in [0.15, 0.2) is 72.9 Å². The quantitative estimate of drug-likeness (QED) is 0.0159. The summed E-state index contributed by atoms with van der Waals surface area (Å²) in [6.07, 6.45) is 51.1. The molecule has 0 aromatic rings. The molecule has 0 aliphatic carbocycles. The smallest absolute Gasteiger partial charge is 0.462 e. The van der Waals surface area contributed by atoms with E-state index in [1.807, 2.05) is 21.1 Å². The summed E-state index contributed by atoms with van der Waals surface area (Å²) >= 11 is 0. The van der Waals surface area contributed by atoms with E-state index >= 15 is 0 Å². The SMILES string of the molecule is CCCCC/C=C\C/C=C\C/C=C\CC1OC1CCCC(=O)OC[C@H](COP(=O)(O)OCC[N+](C)(C)C)OC(=O)CCCCCCCC/C=C\C/C=C\C/C=C\CCCCCC. The predicted molar refractivity (Wildman–Crippen MR) is 256 cm³/mol. The second-order valence-corrected chi connectivity index (χ2v) is 19.0. The number of hydrogen-bond acceptors (Lipinski definition) is 8. The third kappa shape index (κ3) is 39.0. The van der Waals surface area contributed by atoms with Crippen LogP contribution in [-0.4, -0.2) is 87.1 Å². The Morgan fingerprint density at radius 1 is 0.597 bits per heavy atom. The first-order valence-electron chi connectivity index (χ1n) is 24.3. The minimum absolute atomic E-state index is 0.0131. The van der Waals surface area contributed by atoms with Gasteiger partial charge >= 0.3 is 19.8 Å². The van der Waals surface area contributed by atoms with Crippen LogP contribution in [0, 0.1) is 0 Å². The number of esters is 2. The highest BCUT2D eigenvalue weighted by Gasteiger charge is 2.36. The molecule has 0 bridgehead atoms. The van der Waals surface area contributed by atoms with E-state index in [1.54, 1.807) is 0 Å². The van der Waals surface area contributed by atoms with Gasteiger partial charge in [-0.15, -0.1) is 0 Å². The second-order valence-electron chi connectivity index (χ2n) is 17.5. The van der Waals surface area contributed by atoms with Crippen molar-refractivity contribution in [1.29, 1.82) is 0 Å². The van der Waals surface area contributed by atoms with Gasteiger partial charge in [-0.3, -0.25) is 18.6 Å². The van der Waals surface area contributed by atoms with Crippen LogP contribution in [0.5, 0.6) is 0 Å². The fraction of sp³-hybridized carbons (Fsp3) is 0.725. The zero-order valence-corrected chi connectivity index (χ0v) is 40.7. The molecule has 1 rings (SSSR count). The van der Waals surface area contributed by atoms with E-state index in [1.165, 1.54) is 57.8 Å². The first-order valence-corrected chi connectivity index (χ1v) is 25.8. The number of carbonyl (C=O) groups excluding carboxylic acids is 2. The summed E-state index contributed by atoms with van der Waals surface area (Å²) in [5.74, 6) is -0.894. The Balaban J connectivity index is 2.32. The molecular formula is C51H89NO9P+. The monoisotopic (exact) mass is 891 g/mol. The lowest BCUT2D eigenvalue weighted by Crippen LogP contribution is -2.37. The summed E-state index contributed by atoms with van der Waals surface area (Å²) in [5, 5.41) is 0. The third-order valence-electron chi connectivity index (χ3n) is 10.4. The molecule has 3 unspecified atom stereocenters. The summed E-state index contributed by atoms with van der Waals surface area (Å²) < 4.78 is 40.2. The molecule has 1 saturated heterocycles. The maximum Gasteiger partial charge on any atom is 0.472 e. The number of allylic oxidation sites excluding steroid dienone is 11. The number of likely N-dealkylation sites (N-methyl/N-ethyl adjacent to an activating group) is 1. The largest absolute Gasteiger partial charge is 0.472 e. The van der Waals surface area contributed by atoms with E-state index < -0.39 is 32.5 Å². The summed E-state index contributed by atoms with van der Waals surface area (Å²) in [6, 6.07) is 0. The summed E-state index contributed by atoms with van der Waals surface area (Å²) in [7, 11) is 1.42. The Hall–Kier alpha value is -2.59. The highest BCUT2D eigenvalue weighted by atomic mass is 31.2. The number of nitrogens with zero attached hydrogens (tertiary/aromatic N) is 1. The molecule has 11 heteroatoms. The van der Waals surface area contributed by atoms with Gasteiger partial charge in [0.2, 0.25) is 0 Å². The molecule has 10 nitrogen and oxygen atoms in total. The molecule has 1 aliphatic rings. The molecule has 1 fully saturated rings. The average Bonchev–Trinajstić information content (AvgIpc) is 3.98. The Morgan fingerprint density at radius 2 is 1.08 bits per heavy atom. The Kier molecular flexibility index (Phi) is 36.0. The van der Waals surface area contributed by atoms with Gasteiger partial charge < -0.3 is 23.6 Å².